The van der Waals surface area contributed by atoms with E-state index in [0.717, 1.165) is 21.4 Å². The van der Waals surface area contributed by atoms with Crippen LogP contribution in [0.4, 0.5) is 5.69 Å². The highest BCUT2D eigenvalue weighted by Crippen LogP contribution is 2.27. The molecule has 0 saturated heterocycles. The van der Waals surface area contributed by atoms with Crippen molar-refractivity contribution in [1.82, 2.24) is 9.55 Å². The molecule has 1 aromatic heterocycles. The fourth-order valence-corrected chi connectivity index (χ4v) is 2.55. The molecule has 0 aliphatic rings. The van der Waals surface area contributed by atoms with Crippen molar-refractivity contribution in [3.05, 3.63) is 46.0 Å². The molecule has 0 saturated carbocycles. The lowest BCUT2D eigenvalue weighted by Crippen LogP contribution is -2.09. The van der Waals surface area contributed by atoms with E-state index in [2.05, 4.69) is 26.2 Å². The van der Waals surface area contributed by atoms with Gasteiger partial charge in [-0.15, -0.1) is 0 Å². The monoisotopic (exact) mass is 337 g/mol. The second kappa shape index (κ2) is 6.09. The van der Waals surface area contributed by atoms with Crippen LogP contribution in [-0.2, 0) is 18.3 Å². The zero-order valence-corrected chi connectivity index (χ0v) is 13.2. The first-order valence-corrected chi connectivity index (χ1v) is 6.90. The highest BCUT2D eigenvalue weighted by molar-refractivity contribution is 9.10. The van der Waals surface area contributed by atoms with Crippen LogP contribution in [0.1, 0.15) is 21.6 Å². The Hall–Kier alpha value is -1.82. The quantitative estimate of drug-likeness (QED) is 0.871. The number of halogens is 1. The van der Waals surface area contributed by atoms with Crippen molar-refractivity contribution < 1.29 is 9.53 Å². The molecule has 0 bridgehead atoms. The summed E-state index contributed by atoms with van der Waals surface area (Å²) in [7, 11) is 3.32. The molecule has 0 atom stereocenters. The van der Waals surface area contributed by atoms with Crippen LogP contribution in [0.5, 0.6) is 0 Å². The van der Waals surface area contributed by atoms with Gasteiger partial charge in [-0.1, -0.05) is 0 Å². The molecule has 0 unspecified atom stereocenters. The van der Waals surface area contributed by atoms with E-state index in [1.54, 1.807) is 6.33 Å². The van der Waals surface area contributed by atoms with Gasteiger partial charge in [-0.2, -0.15) is 0 Å². The largest absolute Gasteiger partial charge is 0.465 e. The molecule has 1 N–H and O–H groups in total. The second-order valence-electron chi connectivity index (χ2n) is 4.44. The molecule has 0 radical (unpaired) electrons. The van der Waals surface area contributed by atoms with Gasteiger partial charge >= 0.3 is 5.97 Å². The van der Waals surface area contributed by atoms with E-state index in [9.17, 15) is 4.79 Å². The van der Waals surface area contributed by atoms with Gasteiger partial charge in [0.05, 0.1) is 31.2 Å². The fourth-order valence-electron chi connectivity index (χ4n) is 1.96. The van der Waals surface area contributed by atoms with E-state index in [0.29, 0.717) is 12.1 Å². The SMILES string of the molecule is COC(=O)c1c(Br)ccc(NCc2cncn2C)c1C. The van der Waals surface area contributed by atoms with E-state index in [1.807, 2.05) is 36.9 Å². The van der Waals surface area contributed by atoms with Gasteiger partial charge in [-0.3, -0.25) is 0 Å². The Kier molecular flexibility index (Phi) is 4.44. The van der Waals surface area contributed by atoms with E-state index in [1.165, 1.54) is 7.11 Å². The average Bonchev–Trinajstić information content (AvgIpc) is 2.83. The molecule has 1 heterocycles. The Labute approximate surface area is 126 Å². The van der Waals surface area contributed by atoms with Crippen molar-refractivity contribution in [3.8, 4) is 0 Å². The lowest BCUT2D eigenvalue weighted by molar-refractivity contribution is 0.0599. The number of carbonyl (C=O) groups excluding carboxylic acids is 1. The standard InChI is InChI=1S/C14H16BrN3O2/c1-9-12(17-7-10-6-16-8-18(10)2)5-4-11(15)13(9)14(19)20-3/h4-6,8,17H,7H2,1-3H3. The van der Waals surface area contributed by atoms with Gasteiger partial charge in [-0.05, 0) is 40.5 Å². The minimum atomic E-state index is -0.349. The van der Waals surface area contributed by atoms with Crippen LogP contribution in [0.2, 0.25) is 0 Å². The topological polar surface area (TPSA) is 56.1 Å². The highest BCUT2D eigenvalue weighted by Gasteiger charge is 2.16. The zero-order valence-electron chi connectivity index (χ0n) is 11.6. The summed E-state index contributed by atoms with van der Waals surface area (Å²) in [6.07, 6.45) is 3.56. The Balaban J connectivity index is 2.25. The molecule has 106 valence electrons. The van der Waals surface area contributed by atoms with Crippen LogP contribution < -0.4 is 5.32 Å². The second-order valence-corrected chi connectivity index (χ2v) is 5.29. The van der Waals surface area contributed by atoms with E-state index in [4.69, 9.17) is 4.74 Å². The number of methoxy groups -OCH3 is 1. The van der Waals surface area contributed by atoms with E-state index >= 15 is 0 Å². The lowest BCUT2D eigenvalue weighted by atomic mass is 10.1. The molecule has 2 aromatic rings. The summed E-state index contributed by atoms with van der Waals surface area (Å²) < 4.78 is 7.49. The highest BCUT2D eigenvalue weighted by atomic mass is 79.9. The number of nitrogens with one attached hydrogen (secondary N) is 1. The lowest BCUT2D eigenvalue weighted by Gasteiger charge is -2.14. The molecule has 20 heavy (non-hydrogen) atoms. The molecule has 0 aliphatic heterocycles. The number of aryl methyl sites for hydroxylation is 1. The number of hydrogen-bond donors (Lipinski definition) is 1. The Morgan fingerprint density at radius 1 is 1.50 bits per heavy atom. The first-order chi connectivity index (χ1) is 9.54. The first-order valence-electron chi connectivity index (χ1n) is 6.11. The molecular formula is C14H16BrN3O2. The molecule has 0 spiro atoms. The smallest absolute Gasteiger partial charge is 0.339 e. The van der Waals surface area contributed by atoms with Crippen molar-refractivity contribution in [2.24, 2.45) is 7.05 Å². The molecule has 0 amide bonds. The summed E-state index contributed by atoms with van der Waals surface area (Å²) in [6.45, 7) is 2.53. The number of hydrogen-bond acceptors (Lipinski definition) is 4. The maximum atomic E-state index is 11.8. The zero-order chi connectivity index (χ0) is 14.7. The van der Waals surface area contributed by atoms with Crippen molar-refractivity contribution in [3.63, 3.8) is 0 Å². The van der Waals surface area contributed by atoms with Gasteiger partial charge in [0.1, 0.15) is 0 Å². The molecular weight excluding hydrogens is 322 g/mol. The summed E-state index contributed by atoms with van der Waals surface area (Å²) >= 11 is 3.38. The molecule has 1 aromatic carbocycles. The number of carbonyl (C=O) groups is 1. The fraction of sp³-hybridized carbons (Fsp3) is 0.286. The summed E-state index contributed by atoms with van der Waals surface area (Å²) in [5.41, 5.74) is 3.36. The average molecular weight is 338 g/mol. The minimum absolute atomic E-state index is 0.349. The van der Waals surface area contributed by atoms with Crippen LogP contribution >= 0.6 is 15.9 Å². The summed E-state index contributed by atoms with van der Waals surface area (Å²) in [5, 5.41) is 3.31. The van der Waals surface area contributed by atoms with Gasteiger partial charge in [0.15, 0.2) is 0 Å². The number of esters is 1. The number of aromatic nitrogens is 2. The molecule has 5 nitrogen and oxygen atoms in total. The van der Waals surface area contributed by atoms with Crippen molar-refractivity contribution in [2.45, 2.75) is 13.5 Å². The number of ether oxygens (including phenoxy) is 1. The predicted molar refractivity (Wildman–Crippen MR) is 80.8 cm³/mol. The van der Waals surface area contributed by atoms with Crippen molar-refractivity contribution in [2.75, 3.05) is 12.4 Å². The van der Waals surface area contributed by atoms with Gasteiger partial charge in [-0.25, -0.2) is 9.78 Å². The maximum Gasteiger partial charge on any atom is 0.339 e. The third kappa shape index (κ3) is 2.85. The number of nitrogens with zero attached hydrogens (tertiary/aromatic N) is 2. The van der Waals surface area contributed by atoms with Crippen molar-refractivity contribution >= 4 is 27.6 Å². The molecule has 6 heteroatoms. The number of rotatable bonds is 4. The van der Waals surface area contributed by atoms with Crippen LogP contribution in [0, 0.1) is 6.92 Å². The number of benzene rings is 1. The third-order valence-corrected chi connectivity index (χ3v) is 3.84. The van der Waals surface area contributed by atoms with Crippen molar-refractivity contribution in [1.29, 1.82) is 0 Å². The van der Waals surface area contributed by atoms with Crippen LogP contribution in [0.15, 0.2) is 29.1 Å². The minimum Gasteiger partial charge on any atom is -0.465 e. The maximum absolute atomic E-state index is 11.8. The van der Waals surface area contributed by atoms with Gasteiger partial charge < -0.3 is 14.6 Å². The number of imidazole rings is 1. The van der Waals surface area contributed by atoms with Crippen LogP contribution in [0.3, 0.4) is 0 Å². The van der Waals surface area contributed by atoms with E-state index in [-0.39, 0.29) is 5.97 Å². The summed E-state index contributed by atoms with van der Waals surface area (Å²) in [5.74, 6) is -0.349. The van der Waals surface area contributed by atoms with Crippen LogP contribution in [-0.4, -0.2) is 22.6 Å². The Bertz CT molecular complexity index is 637. The predicted octanol–water partition coefficient (Wildman–Crippen LogP) is 2.89. The third-order valence-electron chi connectivity index (χ3n) is 3.18. The summed E-state index contributed by atoms with van der Waals surface area (Å²) in [6, 6.07) is 3.77. The van der Waals surface area contributed by atoms with Crippen LogP contribution in [0.25, 0.3) is 0 Å². The number of anilines is 1. The van der Waals surface area contributed by atoms with Gasteiger partial charge in [0.2, 0.25) is 0 Å². The van der Waals surface area contributed by atoms with Gasteiger partial charge in [0, 0.05) is 23.4 Å². The Morgan fingerprint density at radius 3 is 2.85 bits per heavy atom. The molecule has 0 fully saturated rings. The van der Waals surface area contributed by atoms with E-state index < -0.39 is 0 Å². The van der Waals surface area contributed by atoms with Gasteiger partial charge in [0.25, 0.3) is 0 Å². The normalized spacial score (nSPS) is 10.4. The summed E-state index contributed by atoms with van der Waals surface area (Å²) in [4.78, 5) is 15.9. The first kappa shape index (κ1) is 14.6. The molecule has 0 aliphatic carbocycles. The Morgan fingerprint density at radius 2 is 2.25 bits per heavy atom. The molecule has 2 rings (SSSR count).